The molecule has 140 valence electrons. The highest BCUT2D eigenvalue weighted by Crippen LogP contribution is 2.39. The van der Waals surface area contributed by atoms with Crippen LogP contribution >= 0.6 is 20.6 Å². The third kappa shape index (κ3) is 3.35. The standard InChI is InChI=1S/C27H21PS/c29-19-22-11-3-6-16-25(22)28(26-17-7-12-20-9-1-4-14-23(20)26)27-18-8-13-21-10-2-5-15-24(21)27/h1-18,29H,19H2. The average Bonchev–Trinajstić information content (AvgIpc) is 2.80. The molecule has 0 aliphatic rings. The number of fused-ring (bicyclic) bond motifs is 2. The molecule has 5 aromatic carbocycles. The van der Waals surface area contributed by atoms with Gasteiger partial charge in [0.05, 0.1) is 0 Å². The molecular weight excluding hydrogens is 387 g/mol. The Morgan fingerprint density at radius 3 is 1.52 bits per heavy atom. The summed E-state index contributed by atoms with van der Waals surface area (Å²) in [5, 5.41) is 9.46. The van der Waals surface area contributed by atoms with Crippen molar-refractivity contribution in [2.45, 2.75) is 5.75 Å². The second kappa shape index (κ2) is 8.03. The molecule has 0 heterocycles. The molecule has 0 nitrogen and oxygen atoms in total. The Labute approximate surface area is 178 Å². The normalized spacial score (nSPS) is 11.4. The first-order chi connectivity index (χ1) is 14.4. The molecule has 5 aromatic rings. The molecule has 0 bridgehead atoms. The van der Waals surface area contributed by atoms with Crippen molar-refractivity contribution in [2.24, 2.45) is 0 Å². The fourth-order valence-electron chi connectivity index (χ4n) is 4.06. The SMILES string of the molecule is SCc1ccccc1P(c1cccc2ccccc12)c1cccc2ccccc12. The number of thiol groups is 1. The van der Waals surface area contributed by atoms with E-state index in [9.17, 15) is 0 Å². The second-order valence-electron chi connectivity index (χ2n) is 7.12. The second-order valence-corrected chi connectivity index (χ2v) is 9.55. The van der Waals surface area contributed by atoms with Crippen LogP contribution in [0.4, 0.5) is 0 Å². The molecule has 0 aliphatic carbocycles. The van der Waals surface area contributed by atoms with E-state index in [1.807, 2.05) is 0 Å². The van der Waals surface area contributed by atoms with Gasteiger partial charge in [0.2, 0.25) is 0 Å². The Hall–Kier alpha value is -2.60. The molecule has 0 amide bonds. The fraction of sp³-hybridized carbons (Fsp3) is 0.0370. The number of hydrogen-bond acceptors (Lipinski definition) is 1. The lowest BCUT2D eigenvalue weighted by molar-refractivity contribution is 1.47. The molecule has 0 fully saturated rings. The smallest absolute Gasteiger partial charge is 0.0160 e. The van der Waals surface area contributed by atoms with Crippen molar-refractivity contribution in [2.75, 3.05) is 0 Å². The summed E-state index contributed by atoms with van der Waals surface area (Å²) in [5.74, 6) is 0.741. The first-order valence-corrected chi connectivity index (χ1v) is 11.8. The largest absolute Gasteiger partial charge is 0.175 e. The van der Waals surface area contributed by atoms with Gasteiger partial charge in [0.1, 0.15) is 0 Å². The zero-order valence-electron chi connectivity index (χ0n) is 16.0. The maximum Gasteiger partial charge on any atom is 0.0160 e. The molecule has 0 aromatic heterocycles. The Balaban J connectivity index is 1.88. The van der Waals surface area contributed by atoms with Crippen LogP contribution in [0.25, 0.3) is 21.5 Å². The summed E-state index contributed by atoms with van der Waals surface area (Å²) in [6.07, 6.45) is 0. The van der Waals surface area contributed by atoms with E-state index in [1.165, 1.54) is 43.0 Å². The van der Waals surface area contributed by atoms with E-state index in [0.717, 1.165) is 5.75 Å². The van der Waals surface area contributed by atoms with Gasteiger partial charge in [0.25, 0.3) is 0 Å². The highest BCUT2D eigenvalue weighted by Gasteiger charge is 2.22. The highest BCUT2D eigenvalue weighted by atomic mass is 32.1. The van der Waals surface area contributed by atoms with Crippen LogP contribution in [0.1, 0.15) is 5.56 Å². The van der Waals surface area contributed by atoms with Gasteiger partial charge in [-0.15, -0.1) is 0 Å². The quantitative estimate of drug-likeness (QED) is 0.266. The monoisotopic (exact) mass is 408 g/mol. The Bertz CT molecular complexity index is 1220. The number of hydrogen-bond donors (Lipinski definition) is 1. The number of rotatable bonds is 4. The van der Waals surface area contributed by atoms with Crippen molar-refractivity contribution in [3.63, 3.8) is 0 Å². The minimum atomic E-state index is -0.721. The maximum atomic E-state index is 4.66. The van der Waals surface area contributed by atoms with E-state index < -0.39 is 7.92 Å². The first kappa shape index (κ1) is 18.4. The summed E-state index contributed by atoms with van der Waals surface area (Å²) in [6, 6.07) is 39.7. The van der Waals surface area contributed by atoms with Gasteiger partial charge < -0.3 is 0 Å². The molecule has 2 heteroatoms. The minimum Gasteiger partial charge on any atom is -0.175 e. The molecular formula is C27H21PS. The summed E-state index contributed by atoms with van der Waals surface area (Å²) >= 11 is 4.66. The van der Waals surface area contributed by atoms with Gasteiger partial charge in [0, 0.05) is 5.75 Å². The van der Waals surface area contributed by atoms with Gasteiger partial charge in [-0.05, 0) is 50.9 Å². The Morgan fingerprint density at radius 2 is 0.931 bits per heavy atom. The van der Waals surface area contributed by atoms with Crippen LogP contribution in [0.15, 0.2) is 109 Å². The Morgan fingerprint density at radius 1 is 0.483 bits per heavy atom. The summed E-state index contributed by atoms with van der Waals surface area (Å²) in [5.41, 5.74) is 1.31. The molecule has 0 unspecified atom stereocenters. The lowest BCUT2D eigenvalue weighted by Crippen LogP contribution is -2.24. The predicted molar refractivity (Wildman–Crippen MR) is 133 cm³/mol. The van der Waals surface area contributed by atoms with Crippen LogP contribution in [0.2, 0.25) is 0 Å². The van der Waals surface area contributed by atoms with Crippen LogP contribution in [-0.2, 0) is 5.75 Å². The summed E-state index contributed by atoms with van der Waals surface area (Å²) < 4.78 is 0. The zero-order valence-corrected chi connectivity index (χ0v) is 17.8. The van der Waals surface area contributed by atoms with Crippen molar-refractivity contribution in [3.05, 3.63) is 115 Å². The summed E-state index contributed by atoms with van der Waals surface area (Å²) in [7, 11) is -0.721. The van der Waals surface area contributed by atoms with Crippen molar-refractivity contribution >= 4 is 58.0 Å². The lowest BCUT2D eigenvalue weighted by atomic mass is 10.1. The van der Waals surface area contributed by atoms with Crippen molar-refractivity contribution in [3.8, 4) is 0 Å². The molecule has 0 saturated heterocycles. The van der Waals surface area contributed by atoms with Gasteiger partial charge >= 0.3 is 0 Å². The van der Waals surface area contributed by atoms with Gasteiger partial charge in [-0.3, -0.25) is 0 Å². The third-order valence-electron chi connectivity index (χ3n) is 5.42. The van der Waals surface area contributed by atoms with E-state index in [4.69, 9.17) is 0 Å². The van der Waals surface area contributed by atoms with E-state index in [2.05, 4.69) is 122 Å². The van der Waals surface area contributed by atoms with Gasteiger partial charge in [-0.25, -0.2) is 0 Å². The molecule has 0 N–H and O–H groups in total. The van der Waals surface area contributed by atoms with E-state index in [0.29, 0.717) is 0 Å². The van der Waals surface area contributed by atoms with Crippen LogP contribution in [-0.4, -0.2) is 0 Å². The zero-order chi connectivity index (χ0) is 19.6. The molecule has 0 radical (unpaired) electrons. The van der Waals surface area contributed by atoms with Gasteiger partial charge in [-0.1, -0.05) is 109 Å². The molecule has 0 spiro atoms. The van der Waals surface area contributed by atoms with E-state index >= 15 is 0 Å². The van der Waals surface area contributed by atoms with Crippen LogP contribution in [0.5, 0.6) is 0 Å². The molecule has 0 atom stereocenters. The van der Waals surface area contributed by atoms with Gasteiger partial charge in [-0.2, -0.15) is 12.6 Å². The topological polar surface area (TPSA) is 0 Å². The third-order valence-corrected chi connectivity index (χ3v) is 8.42. The van der Waals surface area contributed by atoms with Crippen molar-refractivity contribution < 1.29 is 0 Å². The lowest BCUT2D eigenvalue weighted by Gasteiger charge is -2.24. The van der Waals surface area contributed by atoms with Crippen LogP contribution < -0.4 is 15.9 Å². The first-order valence-electron chi connectivity index (χ1n) is 9.81. The van der Waals surface area contributed by atoms with Crippen LogP contribution in [0.3, 0.4) is 0 Å². The fourth-order valence-corrected chi connectivity index (χ4v) is 7.27. The summed E-state index contributed by atoms with van der Waals surface area (Å²) in [4.78, 5) is 0. The number of benzene rings is 5. The van der Waals surface area contributed by atoms with Crippen LogP contribution in [0, 0.1) is 0 Å². The Kier molecular flexibility index (Phi) is 5.10. The molecule has 0 aliphatic heterocycles. The molecule has 0 saturated carbocycles. The maximum absolute atomic E-state index is 4.66. The van der Waals surface area contributed by atoms with Gasteiger partial charge in [0.15, 0.2) is 0 Å². The highest BCUT2D eigenvalue weighted by molar-refractivity contribution is 7.81. The minimum absolute atomic E-state index is 0.721. The molecule has 5 rings (SSSR count). The van der Waals surface area contributed by atoms with Crippen molar-refractivity contribution in [1.82, 2.24) is 0 Å². The van der Waals surface area contributed by atoms with Crippen molar-refractivity contribution in [1.29, 1.82) is 0 Å². The molecule has 29 heavy (non-hydrogen) atoms. The summed E-state index contributed by atoms with van der Waals surface area (Å²) in [6.45, 7) is 0. The van der Waals surface area contributed by atoms with E-state index in [-0.39, 0.29) is 0 Å². The van der Waals surface area contributed by atoms with E-state index in [1.54, 1.807) is 0 Å². The predicted octanol–water partition coefficient (Wildman–Crippen LogP) is 6.18. The average molecular weight is 409 g/mol.